The van der Waals surface area contributed by atoms with Crippen LogP contribution in [0.3, 0.4) is 0 Å². The molecule has 0 aromatic carbocycles. The van der Waals surface area contributed by atoms with Crippen molar-refractivity contribution in [1.29, 1.82) is 5.26 Å². The Hall–Kier alpha value is -1.28. The highest BCUT2D eigenvalue weighted by Crippen LogP contribution is 2.20. The van der Waals surface area contributed by atoms with Gasteiger partial charge in [0.1, 0.15) is 5.60 Å². The molecule has 5 nitrogen and oxygen atoms in total. The number of hydrogen-bond donors (Lipinski definition) is 1. The summed E-state index contributed by atoms with van der Waals surface area (Å²) in [7, 11) is 1.75. The fourth-order valence-electron chi connectivity index (χ4n) is 1.78. The maximum absolute atomic E-state index is 11.8. The van der Waals surface area contributed by atoms with Crippen molar-refractivity contribution in [2.24, 2.45) is 5.41 Å². The van der Waals surface area contributed by atoms with Gasteiger partial charge in [0.2, 0.25) is 0 Å². The van der Waals surface area contributed by atoms with Gasteiger partial charge in [0.05, 0.1) is 6.07 Å². The predicted octanol–water partition coefficient (Wildman–Crippen LogP) is 3.16. The minimum Gasteiger partial charge on any atom is -0.444 e. The van der Waals surface area contributed by atoms with Gasteiger partial charge < -0.3 is 15.0 Å². The van der Waals surface area contributed by atoms with Gasteiger partial charge in [-0.2, -0.15) is 5.26 Å². The van der Waals surface area contributed by atoms with E-state index in [-0.39, 0.29) is 11.5 Å². The highest BCUT2D eigenvalue weighted by atomic mass is 16.6. The van der Waals surface area contributed by atoms with Crippen LogP contribution in [0.15, 0.2) is 0 Å². The number of nitrogens with zero attached hydrogens (tertiary/aromatic N) is 2. The lowest BCUT2D eigenvalue weighted by Crippen LogP contribution is -2.36. The van der Waals surface area contributed by atoms with Crippen molar-refractivity contribution in [3.05, 3.63) is 0 Å². The van der Waals surface area contributed by atoms with Gasteiger partial charge in [0.15, 0.2) is 0 Å². The summed E-state index contributed by atoms with van der Waals surface area (Å²) in [6, 6.07) is 2.19. The molecular formula is C16H31N3O2. The zero-order chi connectivity index (χ0) is 16.5. The van der Waals surface area contributed by atoms with Crippen LogP contribution in [0.1, 0.15) is 53.9 Å². The first-order chi connectivity index (χ1) is 9.57. The Kier molecular flexibility index (Phi) is 8.34. The van der Waals surface area contributed by atoms with Crippen molar-refractivity contribution in [2.45, 2.75) is 59.5 Å². The molecule has 0 radical (unpaired) electrons. The van der Waals surface area contributed by atoms with E-state index in [1.807, 2.05) is 20.8 Å². The lowest BCUT2D eigenvalue weighted by Gasteiger charge is -2.25. The predicted molar refractivity (Wildman–Crippen MR) is 85.0 cm³/mol. The molecule has 1 N–H and O–H groups in total. The molecule has 0 atom stereocenters. The Balaban J connectivity index is 3.81. The first kappa shape index (κ1) is 19.7. The van der Waals surface area contributed by atoms with Gasteiger partial charge >= 0.3 is 6.09 Å². The molecule has 0 unspecified atom stereocenters. The van der Waals surface area contributed by atoms with Crippen LogP contribution in [0.25, 0.3) is 0 Å². The molecule has 0 bridgehead atoms. The first-order valence-corrected chi connectivity index (χ1v) is 7.59. The molecule has 0 aromatic rings. The molecule has 0 fully saturated rings. The van der Waals surface area contributed by atoms with Crippen LogP contribution in [0.4, 0.5) is 4.79 Å². The van der Waals surface area contributed by atoms with Crippen molar-refractivity contribution in [1.82, 2.24) is 10.2 Å². The third-order valence-electron chi connectivity index (χ3n) is 3.07. The van der Waals surface area contributed by atoms with Crippen LogP contribution in [0.2, 0.25) is 0 Å². The van der Waals surface area contributed by atoms with E-state index in [1.165, 1.54) is 0 Å². The van der Waals surface area contributed by atoms with Crippen LogP contribution in [-0.4, -0.2) is 43.3 Å². The third kappa shape index (κ3) is 11.1. The Morgan fingerprint density at radius 3 is 2.43 bits per heavy atom. The summed E-state index contributed by atoms with van der Waals surface area (Å²) in [6.45, 7) is 12.3. The summed E-state index contributed by atoms with van der Waals surface area (Å²) in [4.78, 5) is 13.4. The summed E-state index contributed by atoms with van der Waals surface area (Å²) < 4.78 is 5.29. The second-order valence-corrected chi connectivity index (χ2v) is 7.25. The fraction of sp³-hybridized carbons (Fsp3) is 0.875. The normalized spacial score (nSPS) is 11.9. The maximum Gasteiger partial charge on any atom is 0.410 e. The molecule has 0 rings (SSSR count). The van der Waals surface area contributed by atoms with Gasteiger partial charge in [-0.25, -0.2) is 4.79 Å². The summed E-state index contributed by atoms with van der Waals surface area (Å²) >= 11 is 0. The number of nitrogens with one attached hydrogen (secondary N) is 1. The minimum atomic E-state index is -0.450. The third-order valence-corrected chi connectivity index (χ3v) is 3.07. The molecule has 0 aromatic heterocycles. The van der Waals surface area contributed by atoms with Gasteiger partial charge in [-0.1, -0.05) is 13.8 Å². The van der Waals surface area contributed by atoms with E-state index in [1.54, 1.807) is 11.9 Å². The average Bonchev–Trinajstić information content (AvgIpc) is 2.33. The molecule has 0 aliphatic carbocycles. The highest BCUT2D eigenvalue weighted by Gasteiger charge is 2.19. The summed E-state index contributed by atoms with van der Waals surface area (Å²) in [6.07, 6.45) is 2.09. The Morgan fingerprint density at radius 1 is 1.29 bits per heavy atom. The van der Waals surface area contributed by atoms with E-state index in [9.17, 15) is 4.79 Å². The molecule has 1 amide bonds. The van der Waals surface area contributed by atoms with Gasteiger partial charge in [0, 0.05) is 26.6 Å². The van der Waals surface area contributed by atoms with Crippen LogP contribution in [-0.2, 0) is 4.74 Å². The smallest absolute Gasteiger partial charge is 0.410 e. The molecule has 0 saturated heterocycles. The second-order valence-electron chi connectivity index (χ2n) is 7.25. The van der Waals surface area contributed by atoms with Gasteiger partial charge in [0.25, 0.3) is 0 Å². The van der Waals surface area contributed by atoms with Crippen molar-refractivity contribution in [3.63, 3.8) is 0 Å². The first-order valence-electron chi connectivity index (χ1n) is 7.59. The topological polar surface area (TPSA) is 65.4 Å². The van der Waals surface area contributed by atoms with Crippen molar-refractivity contribution in [2.75, 3.05) is 26.7 Å². The quantitative estimate of drug-likeness (QED) is 0.699. The summed E-state index contributed by atoms with van der Waals surface area (Å²) in [5.74, 6) is 0. The second kappa shape index (κ2) is 8.89. The van der Waals surface area contributed by atoms with Crippen LogP contribution in [0, 0.1) is 16.7 Å². The summed E-state index contributed by atoms with van der Waals surface area (Å²) in [5, 5.41) is 12.0. The van der Waals surface area contributed by atoms with Crippen molar-refractivity contribution < 1.29 is 9.53 Å². The van der Waals surface area contributed by atoms with Crippen LogP contribution >= 0.6 is 0 Å². The molecule has 21 heavy (non-hydrogen) atoms. The standard InChI is InChI=1S/C16H31N3O2/c1-15(2,3)21-14(20)19(6)12-8-11-18-13-16(4,5)9-7-10-17/h18H,7-9,11-13H2,1-6H3. The maximum atomic E-state index is 11.8. The molecular weight excluding hydrogens is 266 g/mol. The zero-order valence-corrected chi connectivity index (χ0v) is 14.5. The molecule has 5 heteroatoms. The number of nitriles is 1. The molecule has 0 aliphatic heterocycles. The largest absolute Gasteiger partial charge is 0.444 e. The molecule has 122 valence electrons. The van der Waals surface area contributed by atoms with E-state index in [2.05, 4.69) is 25.2 Å². The van der Waals surface area contributed by atoms with E-state index in [0.717, 1.165) is 25.9 Å². The number of carbonyl (C=O) groups excluding carboxylic acids is 1. The van der Waals surface area contributed by atoms with E-state index >= 15 is 0 Å². The highest BCUT2D eigenvalue weighted by molar-refractivity contribution is 5.67. The lowest BCUT2D eigenvalue weighted by molar-refractivity contribution is 0.0297. The summed E-state index contributed by atoms with van der Waals surface area (Å²) in [5.41, 5.74) is -0.318. The Morgan fingerprint density at radius 2 is 1.90 bits per heavy atom. The van der Waals surface area contributed by atoms with E-state index < -0.39 is 5.60 Å². The minimum absolute atomic E-state index is 0.132. The zero-order valence-electron chi connectivity index (χ0n) is 14.5. The Labute approximate surface area is 129 Å². The van der Waals surface area contributed by atoms with Crippen LogP contribution < -0.4 is 5.32 Å². The molecule has 0 saturated carbocycles. The monoisotopic (exact) mass is 297 g/mol. The number of ether oxygens (including phenoxy) is 1. The number of carbonyl (C=O) groups is 1. The average molecular weight is 297 g/mol. The van der Waals surface area contributed by atoms with Crippen molar-refractivity contribution in [3.8, 4) is 6.07 Å². The number of hydrogen-bond acceptors (Lipinski definition) is 4. The van der Waals surface area contributed by atoms with E-state index in [4.69, 9.17) is 10.00 Å². The van der Waals surface area contributed by atoms with Crippen molar-refractivity contribution >= 4 is 6.09 Å². The van der Waals surface area contributed by atoms with E-state index in [0.29, 0.717) is 13.0 Å². The van der Waals surface area contributed by atoms with Gasteiger partial charge in [-0.05, 0) is 45.6 Å². The molecule has 0 aliphatic rings. The van der Waals surface area contributed by atoms with Gasteiger partial charge in [-0.15, -0.1) is 0 Å². The SMILES string of the molecule is CN(CCCNCC(C)(C)CCC#N)C(=O)OC(C)(C)C. The van der Waals surface area contributed by atoms with Gasteiger partial charge in [-0.3, -0.25) is 0 Å². The number of rotatable bonds is 8. The lowest BCUT2D eigenvalue weighted by atomic mass is 9.88. The fourth-order valence-corrected chi connectivity index (χ4v) is 1.78. The van der Waals surface area contributed by atoms with Crippen LogP contribution in [0.5, 0.6) is 0 Å². The number of amides is 1. The Bertz CT molecular complexity index is 354. The molecule has 0 spiro atoms. The molecule has 0 heterocycles.